The van der Waals surface area contributed by atoms with Crippen LogP contribution in [0.4, 0.5) is 10.3 Å². The van der Waals surface area contributed by atoms with Crippen LogP contribution < -0.4 is 36.3 Å². The van der Waals surface area contributed by atoms with Crippen LogP contribution in [0.3, 0.4) is 0 Å². The number of nitrogen functional groups attached to an aromatic ring is 2. The summed E-state index contributed by atoms with van der Waals surface area (Å²) >= 11 is 4.67. The zero-order valence-corrected chi connectivity index (χ0v) is 43.0. The van der Waals surface area contributed by atoms with Gasteiger partial charge in [-0.1, -0.05) is 22.4 Å². The lowest BCUT2D eigenvalue weighted by Gasteiger charge is -2.50. The SMILES string of the molecule is CC(C)(ON=C(C(=O)NC1C(=O)N2C(C(=O)O)=C(C[n+]3ccccc3)CSC12)c1csc(N)n1)C(=O)O.CC(C)(ON=C(C(=O)N[C@@H]1C(=O)N2C(C(=O)[O-])=C(C[n+]3ccccc3)CS[C@H]12)c1csc(N)n1)C(=O)O.[OH-]. The number of thiazole rings is 2. The highest BCUT2D eigenvalue weighted by atomic mass is 32.2. The second kappa shape index (κ2) is 23.0. The van der Waals surface area contributed by atoms with Crippen LogP contribution in [0.25, 0.3) is 0 Å². The van der Waals surface area contributed by atoms with Gasteiger partial charge in [0.15, 0.2) is 59.6 Å². The summed E-state index contributed by atoms with van der Waals surface area (Å²) in [7, 11) is 0. The number of fused-ring (bicyclic) bond motifs is 2. The fourth-order valence-corrected chi connectivity index (χ4v) is 10.9. The number of nitrogens with one attached hydrogen (secondary N) is 2. The largest absolute Gasteiger partial charge is 0.870 e. The van der Waals surface area contributed by atoms with E-state index in [1.165, 1.54) is 66.9 Å². The van der Waals surface area contributed by atoms with Gasteiger partial charge in [0.05, 0.1) is 11.7 Å². The van der Waals surface area contributed by atoms with Crippen LogP contribution in [0, 0.1) is 0 Å². The summed E-state index contributed by atoms with van der Waals surface area (Å²) in [5.41, 5.74) is 7.87. The van der Waals surface area contributed by atoms with Crippen molar-refractivity contribution in [2.24, 2.45) is 10.3 Å². The average Bonchev–Trinajstić information content (AvgIpc) is 3.99. The Hall–Kier alpha value is -8.00. The molecule has 0 aromatic carbocycles. The molecule has 2 fully saturated rings. The van der Waals surface area contributed by atoms with E-state index in [1.54, 1.807) is 41.5 Å². The molecule has 2 unspecified atom stereocenters. The van der Waals surface area contributed by atoms with Gasteiger partial charge in [-0.15, -0.1) is 46.2 Å². The van der Waals surface area contributed by atoms with Gasteiger partial charge in [0.1, 0.15) is 39.9 Å². The number of aromatic nitrogens is 4. The Morgan fingerprint density at radius 2 is 1.07 bits per heavy atom. The molecule has 8 heterocycles. The number of carbonyl (C=O) groups excluding carboxylic acids is 5. The Labute approximate surface area is 440 Å². The van der Waals surface area contributed by atoms with Crippen molar-refractivity contribution in [3.63, 3.8) is 0 Å². The number of nitrogens with zero attached hydrogens (tertiary/aromatic N) is 8. The maximum absolute atomic E-state index is 13.1. The monoisotopic (exact) mass is 1110 g/mol. The molecule has 2 saturated heterocycles. The van der Waals surface area contributed by atoms with Crippen molar-refractivity contribution in [2.75, 3.05) is 23.0 Å². The molecule has 0 bridgehead atoms. The third kappa shape index (κ3) is 12.3. The lowest BCUT2D eigenvalue weighted by molar-refractivity contribution is -0.689. The van der Waals surface area contributed by atoms with E-state index in [0.29, 0.717) is 29.2 Å². The third-order valence-corrected chi connectivity index (χ3v) is 15.1. The van der Waals surface area contributed by atoms with Gasteiger partial charge in [-0.25, -0.2) is 33.5 Å². The second-order valence-corrected chi connectivity index (χ2v) is 21.1. The molecule has 0 saturated carbocycles. The van der Waals surface area contributed by atoms with Crippen molar-refractivity contribution in [3.05, 3.63) is 106 Å². The number of hydrogen-bond acceptors (Lipinski definition) is 22. The molecule has 4 aliphatic rings. The Balaban J connectivity index is 0.000000241. The Kier molecular flexibility index (Phi) is 17.3. The molecule has 4 aliphatic heterocycles. The summed E-state index contributed by atoms with van der Waals surface area (Å²) in [4.78, 5) is 120. The van der Waals surface area contributed by atoms with Gasteiger partial charge in [-0.2, -0.15) is 0 Å². The van der Waals surface area contributed by atoms with E-state index >= 15 is 0 Å². The van der Waals surface area contributed by atoms with E-state index in [4.69, 9.17) is 21.1 Å². The summed E-state index contributed by atoms with van der Waals surface area (Å²) < 4.78 is 3.59. The summed E-state index contributed by atoms with van der Waals surface area (Å²) in [6.07, 6.45) is 7.14. The van der Waals surface area contributed by atoms with E-state index in [-0.39, 0.29) is 56.5 Å². The lowest BCUT2D eigenvalue weighted by Crippen LogP contribution is -2.71. The van der Waals surface area contributed by atoms with Crippen molar-refractivity contribution in [3.8, 4) is 0 Å². The van der Waals surface area contributed by atoms with E-state index in [1.807, 2.05) is 28.8 Å². The number of oxime groups is 2. The van der Waals surface area contributed by atoms with Crippen LogP contribution in [0.2, 0.25) is 0 Å². The van der Waals surface area contributed by atoms with Gasteiger partial charge in [-0.05, 0) is 27.7 Å². The number of hydrogen-bond donors (Lipinski definition) is 7. The molecule has 4 aromatic rings. The minimum absolute atomic E-state index is 0. The first-order chi connectivity index (χ1) is 35.0. The highest BCUT2D eigenvalue weighted by Crippen LogP contribution is 2.41. The number of β-lactam (4-membered cyclic amide) rings is 2. The minimum atomic E-state index is -1.75. The van der Waals surface area contributed by atoms with Crippen molar-refractivity contribution < 1.29 is 83.1 Å². The van der Waals surface area contributed by atoms with Crippen molar-refractivity contribution in [1.82, 2.24) is 30.4 Å². The lowest BCUT2D eigenvalue weighted by atomic mass is 10.0. The molecule has 4 aromatic heterocycles. The van der Waals surface area contributed by atoms with E-state index < -0.39 is 81.5 Å². The first-order valence-corrected chi connectivity index (χ1v) is 25.5. The minimum Gasteiger partial charge on any atom is -0.870 e. The molecule has 31 heteroatoms. The van der Waals surface area contributed by atoms with E-state index in [0.717, 1.165) is 27.6 Å². The average molecular weight is 1110 g/mol. The second-order valence-electron chi connectivity index (χ2n) is 17.1. The van der Waals surface area contributed by atoms with Gasteiger partial charge in [0.2, 0.25) is 11.2 Å². The molecule has 27 nitrogen and oxygen atoms in total. The molecule has 4 amide bonds. The van der Waals surface area contributed by atoms with Gasteiger partial charge in [-0.3, -0.25) is 29.0 Å². The molecular weight excluding hydrogens is 1060 g/mol. The predicted octanol–water partition coefficient (Wildman–Crippen LogP) is -1.44. The standard InChI is InChI=1S/2C22H22N6O7S2.H2O/c2*1-22(2,20(33)34)35-26-13(12-10-37-21(23)24-12)16(29)25-14-17(30)28-15(19(31)32)11(9-36-18(14)28)8-27-6-4-3-5-7-27;/h2*3-7,10,14,18H,8-9H2,1-2H3,(H4-,23,24,25,29,31,32,33,34);1H2/t14-,18-;;/m1../s1. The molecular formula is C44H46N12O15S4. The molecule has 75 heavy (non-hydrogen) atoms. The predicted molar refractivity (Wildman–Crippen MR) is 264 cm³/mol. The fourth-order valence-electron chi connectivity index (χ4n) is 7.14. The Morgan fingerprint density at radius 3 is 1.40 bits per heavy atom. The topological polar surface area (TPSA) is 410 Å². The van der Waals surface area contributed by atoms with Crippen molar-refractivity contribution in [2.45, 2.75) is 74.8 Å². The highest BCUT2D eigenvalue weighted by Gasteiger charge is 2.56. The Bertz CT molecular complexity index is 2850. The van der Waals surface area contributed by atoms with Crippen LogP contribution in [0.1, 0.15) is 39.1 Å². The van der Waals surface area contributed by atoms with Crippen molar-refractivity contribution in [1.29, 1.82) is 0 Å². The van der Waals surface area contributed by atoms with Crippen LogP contribution in [-0.2, 0) is 61.1 Å². The molecule has 8 rings (SSSR count). The molecule has 10 N–H and O–H groups in total. The first-order valence-electron chi connectivity index (χ1n) is 21.7. The summed E-state index contributed by atoms with van der Waals surface area (Å²) in [6, 6.07) is 8.80. The van der Waals surface area contributed by atoms with Gasteiger partial charge < -0.3 is 62.5 Å². The zero-order valence-electron chi connectivity index (χ0n) is 39.7. The number of carbonyl (C=O) groups is 8. The summed E-state index contributed by atoms with van der Waals surface area (Å²) in [5.74, 6) is -7.66. The molecule has 0 spiro atoms. The number of rotatable bonds is 18. The number of amides is 4. The van der Waals surface area contributed by atoms with Gasteiger partial charge in [0.25, 0.3) is 23.6 Å². The van der Waals surface area contributed by atoms with Gasteiger partial charge >= 0.3 is 17.9 Å². The van der Waals surface area contributed by atoms with Crippen LogP contribution in [0.5, 0.6) is 0 Å². The van der Waals surface area contributed by atoms with Crippen LogP contribution in [-0.4, -0.2) is 145 Å². The van der Waals surface area contributed by atoms with Crippen molar-refractivity contribution >= 4 is 115 Å². The summed E-state index contributed by atoms with van der Waals surface area (Å²) in [5, 5.41) is 54.7. The number of aliphatic carboxylic acids is 4. The quantitative estimate of drug-likeness (QED) is 0.0260. The smallest absolute Gasteiger partial charge is 0.352 e. The van der Waals surface area contributed by atoms with Crippen LogP contribution >= 0.6 is 46.2 Å². The molecule has 0 radical (unpaired) electrons. The number of pyridine rings is 2. The van der Waals surface area contributed by atoms with Crippen LogP contribution in [0.15, 0.2) is 105 Å². The van der Waals surface area contributed by atoms with Gasteiger partial charge in [0, 0.05) is 57.7 Å². The molecule has 396 valence electrons. The number of thioether (sulfide) groups is 2. The number of carboxylic acid groups (broad SMARTS) is 4. The Morgan fingerprint density at radius 1 is 0.693 bits per heavy atom. The third-order valence-electron chi connectivity index (χ3n) is 11.1. The maximum Gasteiger partial charge on any atom is 0.352 e. The first kappa shape index (κ1) is 56.3. The fraction of sp³-hybridized carbons (Fsp3) is 0.318. The number of anilines is 2. The number of carboxylic acids is 4. The molecule has 4 atom stereocenters. The molecule has 0 aliphatic carbocycles. The maximum atomic E-state index is 13.1. The summed E-state index contributed by atoms with van der Waals surface area (Å²) in [6.45, 7) is 5.54. The number of nitrogens with two attached hydrogens (primary N) is 2. The van der Waals surface area contributed by atoms with E-state index in [9.17, 15) is 58.8 Å². The zero-order chi connectivity index (χ0) is 53.8. The normalized spacial score (nSPS) is 19.4. The van der Waals surface area contributed by atoms with E-state index in [2.05, 4.69) is 30.9 Å². The highest BCUT2D eigenvalue weighted by molar-refractivity contribution is 8.00.